The Morgan fingerprint density at radius 3 is 1.82 bits per heavy atom. The normalized spacial score (nSPS) is 14.2. The van der Waals surface area contributed by atoms with E-state index in [1.165, 1.54) is 0 Å². The van der Waals surface area contributed by atoms with Crippen molar-refractivity contribution in [3.8, 4) is 0 Å². The predicted molar refractivity (Wildman–Crippen MR) is 69.4 cm³/mol. The van der Waals surface area contributed by atoms with Crippen LogP contribution in [0.25, 0.3) is 0 Å². The van der Waals surface area contributed by atoms with E-state index in [1.807, 2.05) is 60.7 Å². The number of hydrogen-bond donors (Lipinski definition) is 2. The van der Waals surface area contributed by atoms with Crippen LogP contribution >= 0.6 is 0 Å². The maximum Gasteiger partial charge on any atom is 0.0808 e. The van der Waals surface area contributed by atoms with Gasteiger partial charge in [-0.05, 0) is 17.5 Å². The van der Waals surface area contributed by atoms with E-state index in [2.05, 4.69) is 0 Å². The summed E-state index contributed by atoms with van der Waals surface area (Å²) in [7, 11) is 0. The van der Waals surface area contributed by atoms with E-state index in [0.717, 1.165) is 11.1 Å². The monoisotopic (exact) mass is 227 g/mol. The highest BCUT2D eigenvalue weighted by Crippen LogP contribution is 2.24. The smallest absolute Gasteiger partial charge is 0.0808 e. The second-order valence-corrected chi connectivity index (χ2v) is 4.18. The van der Waals surface area contributed by atoms with E-state index in [1.54, 1.807) is 0 Å². The lowest BCUT2D eigenvalue weighted by Crippen LogP contribution is -2.14. The number of rotatable bonds is 4. The average Bonchev–Trinajstić information content (AvgIpc) is 2.40. The van der Waals surface area contributed by atoms with Crippen LogP contribution in [-0.2, 0) is 0 Å². The summed E-state index contributed by atoms with van der Waals surface area (Å²) in [6.45, 7) is 0. The fourth-order valence-corrected chi connectivity index (χ4v) is 1.89. The van der Waals surface area contributed by atoms with Crippen LogP contribution in [0.1, 0.15) is 29.7 Å². The van der Waals surface area contributed by atoms with Crippen molar-refractivity contribution in [3.63, 3.8) is 0 Å². The number of benzene rings is 2. The van der Waals surface area contributed by atoms with Crippen molar-refractivity contribution >= 4 is 0 Å². The minimum absolute atomic E-state index is 0.133. The lowest BCUT2D eigenvalue weighted by atomic mass is 9.97. The molecule has 0 aromatic heterocycles. The molecule has 0 fully saturated rings. The molecule has 0 unspecified atom stereocenters. The molecule has 2 aromatic carbocycles. The first-order valence-electron chi connectivity index (χ1n) is 5.81. The number of nitrogens with two attached hydrogens (primary N) is 1. The van der Waals surface area contributed by atoms with Gasteiger partial charge in [-0.25, -0.2) is 0 Å². The van der Waals surface area contributed by atoms with E-state index in [4.69, 9.17) is 5.73 Å². The quantitative estimate of drug-likeness (QED) is 0.843. The number of hydrogen-bond acceptors (Lipinski definition) is 2. The molecule has 17 heavy (non-hydrogen) atoms. The maximum atomic E-state index is 10.1. The minimum atomic E-state index is -0.508. The first-order chi connectivity index (χ1) is 8.27. The van der Waals surface area contributed by atoms with Gasteiger partial charge < -0.3 is 10.8 Å². The molecule has 2 nitrogen and oxygen atoms in total. The van der Waals surface area contributed by atoms with Crippen molar-refractivity contribution in [2.24, 2.45) is 5.73 Å². The van der Waals surface area contributed by atoms with Gasteiger partial charge in [0.05, 0.1) is 6.10 Å². The molecule has 0 saturated heterocycles. The fourth-order valence-electron chi connectivity index (χ4n) is 1.89. The Balaban J connectivity index is 2.02. The van der Waals surface area contributed by atoms with Crippen LogP contribution in [0.15, 0.2) is 60.7 Å². The third kappa shape index (κ3) is 3.16. The van der Waals surface area contributed by atoms with Crippen molar-refractivity contribution in [2.75, 3.05) is 0 Å². The second-order valence-electron chi connectivity index (χ2n) is 4.18. The first-order valence-corrected chi connectivity index (χ1v) is 5.81. The molecule has 0 aliphatic rings. The standard InChI is InChI=1S/C15H17NO/c16-14(12-7-3-1-4-8-12)11-15(17)13-9-5-2-6-10-13/h1-10,14-15,17H,11,16H2/t14-,15+/m0/s1. The zero-order valence-electron chi connectivity index (χ0n) is 9.66. The molecule has 2 heteroatoms. The second kappa shape index (κ2) is 5.62. The number of aliphatic hydroxyl groups is 1. The summed E-state index contributed by atoms with van der Waals surface area (Å²) in [4.78, 5) is 0. The molecule has 0 aliphatic heterocycles. The van der Waals surface area contributed by atoms with Crippen molar-refractivity contribution < 1.29 is 5.11 Å². The highest BCUT2D eigenvalue weighted by molar-refractivity contribution is 5.21. The molecular formula is C15H17NO. The van der Waals surface area contributed by atoms with Gasteiger partial charge in [0, 0.05) is 6.04 Å². The van der Waals surface area contributed by atoms with Gasteiger partial charge >= 0.3 is 0 Å². The highest BCUT2D eigenvalue weighted by atomic mass is 16.3. The Hall–Kier alpha value is -1.64. The van der Waals surface area contributed by atoms with E-state index in [-0.39, 0.29) is 6.04 Å². The van der Waals surface area contributed by atoms with Gasteiger partial charge in [0.25, 0.3) is 0 Å². The Morgan fingerprint density at radius 1 is 0.824 bits per heavy atom. The van der Waals surface area contributed by atoms with Crippen LogP contribution in [0.5, 0.6) is 0 Å². The Labute approximate surface area is 102 Å². The van der Waals surface area contributed by atoms with Gasteiger partial charge in [0.2, 0.25) is 0 Å². The van der Waals surface area contributed by atoms with Gasteiger partial charge in [0.15, 0.2) is 0 Å². The number of aliphatic hydroxyl groups excluding tert-OH is 1. The SMILES string of the molecule is N[C@@H](C[C@@H](O)c1ccccc1)c1ccccc1. The summed E-state index contributed by atoms with van der Waals surface area (Å²) in [5.74, 6) is 0. The molecule has 0 aliphatic carbocycles. The van der Waals surface area contributed by atoms with Crippen molar-refractivity contribution in [2.45, 2.75) is 18.6 Å². The van der Waals surface area contributed by atoms with E-state index in [0.29, 0.717) is 6.42 Å². The summed E-state index contributed by atoms with van der Waals surface area (Å²) in [5, 5.41) is 10.1. The molecular weight excluding hydrogens is 210 g/mol. The Bertz CT molecular complexity index is 397. The van der Waals surface area contributed by atoms with Crippen molar-refractivity contribution in [1.82, 2.24) is 0 Å². The third-order valence-corrected chi connectivity index (χ3v) is 2.89. The van der Waals surface area contributed by atoms with Crippen LogP contribution in [0.2, 0.25) is 0 Å². The molecule has 2 atom stereocenters. The van der Waals surface area contributed by atoms with E-state index < -0.39 is 6.10 Å². The minimum Gasteiger partial charge on any atom is -0.388 e. The third-order valence-electron chi connectivity index (χ3n) is 2.89. The van der Waals surface area contributed by atoms with Crippen LogP contribution in [0.3, 0.4) is 0 Å². The Morgan fingerprint density at radius 2 is 1.29 bits per heavy atom. The molecule has 2 aromatic rings. The Kier molecular flexibility index (Phi) is 3.91. The van der Waals surface area contributed by atoms with Gasteiger partial charge in [0.1, 0.15) is 0 Å². The van der Waals surface area contributed by atoms with Gasteiger partial charge in [-0.1, -0.05) is 60.7 Å². The first kappa shape index (κ1) is 11.8. The summed E-state index contributed by atoms with van der Waals surface area (Å²) in [5.41, 5.74) is 8.05. The van der Waals surface area contributed by atoms with Crippen LogP contribution in [0, 0.1) is 0 Å². The molecule has 0 amide bonds. The molecule has 0 bridgehead atoms. The summed E-state index contributed by atoms with van der Waals surface area (Å²) < 4.78 is 0. The summed E-state index contributed by atoms with van der Waals surface area (Å²) >= 11 is 0. The predicted octanol–water partition coefficient (Wildman–Crippen LogP) is 2.81. The van der Waals surface area contributed by atoms with Gasteiger partial charge in [-0.3, -0.25) is 0 Å². The van der Waals surface area contributed by atoms with E-state index >= 15 is 0 Å². The molecule has 3 N–H and O–H groups in total. The van der Waals surface area contributed by atoms with Crippen molar-refractivity contribution in [1.29, 1.82) is 0 Å². The van der Waals surface area contributed by atoms with Crippen LogP contribution in [-0.4, -0.2) is 5.11 Å². The molecule has 88 valence electrons. The summed E-state index contributed by atoms with van der Waals surface area (Å²) in [6.07, 6.45) is 0.0278. The molecule has 0 saturated carbocycles. The molecule has 0 heterocycles. The topological polar surface area (TPSA) is 46.2 Å². The van der Waals surface area contributed by atoms with Gasteiger partial charge in [-0.2, -0.15) is 0 Å². The van der Waals surface area contributed by atoms with Crippen molar-refractivity contribution in [3.05, 3.63) is 71.8 Å². The maximum absolute atomic E-state index is 10.1. The molecule has 2 rings (SSSR count). The fraction of sp³-hybridized carbons (Fsp3) is 0.200. The molecule has 0 radical (unpaired) electrons. The average molecular weight is 227 g/mol. The lowest BCUT2D eigenvalue weighted by molar-refractivity contribution is 0.158. The van der Waals surface area contributed by atoms with Crippen LogP contribution in [0.4, 0.5) is 0 Å². The zero-order chi connectivity index (χ0) is 12.1. The lowest BCUT2D eigenvalue weighted by Gasteiger charge is -2.17. The summed E-state index contributed by atoms with van der Waals surface area (Å²) in [6, 6.07) is 19.4. The zero-order valence-corrected chi connectivity index (χ0v) is 9.66. The van der Waals surface area contributed by atoms with Crippen LogP contribution < -0.4 is 5.73 Å². The highest BCUT2D eigenvalue weighted by Gasteiger charge is 2.13. The molecule has 0 spiro atoms. The largest absolute Gasteiger partial charge is 0.388 e. The van der Waals surface area contributed by atoms with Gasteiger partial charge in [-0.15, -0.1) is 0 Å². The van der Waals surface area contributed by atoms with E-state index in [9.17, 15) is 5.11 Å².